The molecule has 0 aliphatic carbocycles. The summed E-state index contributed by atoms with van der Waals surface area (Å²) in [6.07, 6.45) is 3.45. The van der Waals surface area contributed by atoms with Crippen LogP contribution >= 0.6 is 11.6 Å². The van der Waals surface area contributed by atoms with E-state index in [4.69, 9.17) is 11.6 Å². The highest BCUT2D eigenvalue weighted by Gasteiger charge is 2.23. The summed E-state index contributed by atoms with van der Waals surface area (Å²) in [5.41, 5.74) is 2.33. The van der Waals surface area contributed by atoms with Crippen LogP contribution in [0, 0.1) is 0 Å². The van der Waals surface area contributed by atoms with Gasteiger partial charge in [-0.1, -0.05) is 11.6 Å². The van der Waals surface area contributed by atoms with E-state index in [0.717, 1.165) is 11.2 Å². The van der Waals surface area contributed by atoms with Crippen molar-refractivity contribution < 1.29 is 4.79 Å². The van der Waals surface area contributed by atoms with Gasteiger partial charge in [-0.15, -0.1) is 0 Å². The average molecular weight is 302 g/mol. The molecule has 1 aliphatic heterocycles. The van der Waals surface area contributed by atoms with E-state index < -0.39 is 0 Å². The van der Waals surface area contributed by atoms with E-state index in [0.29, 0.717) is 30.4 Å². The summed E-state index contributed by atoms with van der Waals surface area (Å²) in [4.78, 5) is 14.4. The van der Waals surface area contributed by atoms with Crippen LogP contribution in [-0.2, 0) is 13.1 Å². The molecule has 0 radical (unpaired) electrons. The lowest BCUT2D eigenvalue weighted by molar-refractivity contribution is 0.0699. The number of fused-ring (bicyclic) bond motifs is 2. The summed E-state index contributed by atoms with van der Waals surface area (Å²) in [6, 6.07) is 7.34. The van der Waals surface area contributed by atoms with E-state index in [9.17, 15) is 4.79 Å². The first-order chi connectivity index (χ1) is 10.2. The fourth-order valence-corrected chi connectivity index (χ4v) is 2.74. The molecule has 21 heavy (non-hydrogen) atoms. The highest BCUT2D eigenvalue weighted by Crippen LogP contribution is 2.16. The van der Waals surface area contributed by atoms with E-state index >= 15 is 0 Å². The number of pyridine rings is 1. The summed E-state index contributed by atoms with van der Waals surface area (Å²) in [7, 11) is 0. The van der Waals surface area contributed by atoms with Crippen LogP contribution in [0.5, 0.6) is 0 Å². The standard InChI is InChI=1S/C14H12ClN5O/c15-10-1-2-11-7-13(17-20(11)8-10)14(21)18-5-6-19-12(9-18)3-4-16-19/h1-4,7-8H,5-6,9H2. The number of carbonyl (C=O) groups excluding carboxylic acids is 1. The molecule has 1 amide bonds. The molecule has 0 bridgehead atoms. The molecule has 0 unspecified atom stereocenters. The third-order valence-corrected chi connectivity index (χ3v) is 3.89. The van der Waals surface area contributed by atoms with Gasteiger partial charge in [-0.3, -0.25) is 9.48 Å². The van der Waals surface area contributed by atoms with Crippen molar-refractivity contribution in [2.24, 2.45) is 0 Å². The minimum atomic E-state index is -0.0673. The van der Waals surface area contributed by atoms with Crippen molar-refractivity contribution in [2.45, 2.75) is 13.1 Å². The van der Waals surface area contributed by atoms with Crippen LogP contribution in [0.2, 0.25) is 5.02 Å². The number of carbonyl (C=O) groups is 1. The van der Waals surface area contributed by atoms with Gasteiger partial charge in [-0.05, 0) is 24.3 Å². The van der Waals surface area contributed by atoms with Crippen molar-refractivity contribution in [3.05, 3.63) is 53.1 Å². The second-order valence-corrected chi connectivity index (χ2v) is 5.46. The Labute approximate surface area is 125 Å². The first kappa shape index (κ1) is 12.4. The second kappa shape index (κ2) is 4.60. The minimum absolute atomic E-state index is 0.0673. The quantitative estimate of drug-likeness (QED) is 0.689. The van der Waals surface area contributed by atoms with Gasteiger partial charge in [-0.25, -0.2) is 4.52 Å². The number of hydrogen-bond donors (Lipinski definition) is 0. The van der Waals surface area contributed by atoms with Crippen LogP contribution in [0.25, 0.3) is 5.52 Å². The van der Waals surface area contributed by atoms with Crippen molar-refractivity contribution in [3.63, 3.8) is 0 Å². The molecular weight excluding hydrogens is 290 g/mol. The van der Waals surface area contributed by atoms with Gasteiger partial charge in [0.25, 0.3) is 5.91 Å². The average Bonchev–Trinajstić information content (AvgIpc) is 3.11. The van der Waals surface area contributed by atoms with E-state index in [2.05, 4.69) is 10.2 Å². The molecule has 0 saturated carbocycles. The van der Waals surface area contributed by atoms with Gasteiger partial charge >= 0.3 is 0 Å². The molecule has 0 atom stereocenters. The molecule has 0 N–H and O–H groups in total. The normalized spacial score (nSPS) is 14.4. The van der Waals surface area contributed by atoms with Crippen molar-refractivity contribution in [1.82, 2.24) is 24.3 Å². The molecule has 7 heteroatoms. The third-order valence-electron chi connectivity index (χ3n) is 3.67. The zero-order valence-corrected chi connectivity index (χ0v) is 11.9. The Bertz CT molecular complexity index is 837. The SMILES string of the molecule is O=C(c1cc2ccc(Cl)cn2n1)N1CCn2nccc2C1. The topological polar surface area (TPSA) is 55.4 Å². The molecule has 0 aromatic carbocycles. The zero-order chi connectivity index (χ0) is 14.4. The highest BCUT2D eigenvalue weighted by molar-refractivity contribution is 6.30. The number of halogens is 1. The molecule has 3 aromatic heterocycles. The van der Waals surface area contributed by atoms with E-state index in [1.165, 1.54) is 0 Å². The van der Waals surface area contributed by atoms with E-state index in [-0.39, 0.29) is 5.91 Å². The van der Waals surface area contributed by atoms with Crippen molar-refractivity contribution >= 4 is 23.0 Å². The largest absolute Gasteiger partial charge is 0.330 e. The van der Waals surface area contributed by atoms with Gasteiger partial charge in [0, 0.05) is 18.9 Å². The lowest BCUT2D eigenvalue weighted by Gasteiger charge is -2.26. The maximum atomic E-state index is 12.6. The number of rotatable bonds is 1. The monoisotopic (exact) mass is 301 g/mol. The Balaban J connectivity index is 1.64. The number of hydrogen-bond acceptors (Lipinski definition) is 3. The van der Waals surface area contributed by atoms with Gasteiger partial charge < -0.3 is 4.90 Å². The van der Waals surface area contributed by atoms with Crippen LogP contribution in [0.4, 0.5) is 0 Å². The molecule has 0 spiro atoms. The maximum absolute atomic E-state index is 12.6. The Morgan fingerprint density at radius 3 is 3.05 bits per heavy atom. The van der Waals surface area contributed by atoms with Crippen LogP contribution in [0.3, 0.4) is 0 Å². The predicted octanol–water partition coefficient (Wildman–Crippen LogP) is 1.84. The van der Waals surface area contributed by atoms with Crippen molar-refractivity contribution in [2.75, 3.05) is 6.54 Å². The van der Waals surface area contributed by atoms with Gasteiger partial charge in [0.15, 0.2) is 5.69 Å². The molecule has 4 heterocycles. The third kappa shape index (κ3) is 2.08. The lowest BCUT2D eigenvalue weighted by atomic mass is 10.2. The molecule has 106 valence electrons. The van der Waals surface area contributed by atoms with E-state index in [1.807, 2.05) is 16.8 Å². The number of amides is 1. The van der Waals surface area contributed by atoms with Crippen molar-refractivity contribution in [3.8, 4) is 0 Å². The van der Waals surface area contributed by atoms with Gasteiger partial charge in [0.2, 0.25) is 0 Å². The predicted molar refractivity (Wildman–Crippen MR) is 77.2 cm³/mol. The summed E-state index contributed by atoms with van der Waals surface area (Å²) in [5.74, 6) is -0.0673. The summed E-state index contributed by atoms with van der Waals surface area (Å²) < 4.78 is 3.55. The molecule has 6 nitrogen and oxygen atoms in total. The Morgan fingerprint density at radius 2 is 2.14 bits per heavy atom. The van der Waals surface area contributed by atoms with E-state index in [1.54, 1.807) is 33.9 Å². The minimum Gasteiger partial charge on any atom is -0.330 e. The fraction of sp³-hybridized carbons (Fsp3) is 0.214. The zero-order valence-electron chi connectivity index (χ0n) is 11.1. The molecule has 4 rings (SSSR count). The van der Waals surface area contributed by atoms with Crippen molar-refractivity contribution in [1.29, 1.82) is 0 Å². The summed E-state index contributed by atoms with van der Waals surface area (Å²) in [6.45, 7) is 1.92. The Morgan fingerprint density at radius 1 is 1.24 bits per heavy atom. The molecule has 1 aliphatic rings. The highest BCUT2D eigenvalue weighted by atomic mass is 35.5. The maximum Gasteiger partial charge on any atom is 0.274 e. The number of aromatic nitrogens is 4. The first-order valence-corrected chi connectivity index (χ1v) is 7.03. The van der Waals surface area contributed by atoms with Crippen LogP contribution < -0.4 is 0 Å². The molecular formula is C14H12ClN5O. The lowest BCUT2D eigenvalue weighted by Crippen LogP contribution is -2.38. The van der Waals surface area contributed by atoms with Gasteiger partial charge in [-0.2, -0.15) is 10.2 Å². The molecule has 3 aromatic rings. The van der Waals surface area contributed by atoms with Gasteiger partial charge in [0.05, 0.1) is 29.3 Å². The molecule has 0 saturated heterocycles. The number of nitrogens with zero attached hydrogens (tertiary/aromatic N) is 5. The second-order valence-electron chi connectivity index (χ2n) is 5.02. The Hall–Kier alpha value is -2.34. The fourth-order valence-electron chi connectivity index (χ4n) is 2.59. The summed E-state index contributed by atoms with van der Waals surface area (Å²) >= 11 is 5.93. The van der Waals surface area contributed by atoms with Gasteiger partial charge in [0.1, 0.15) is 0 Å². The first-order valence-electron chi connectivity index (χ1n) is 6.65. The Kier molecular flexibility index (Phi) is 2.71. The van der Waals surface area contributed by atoms with Crippen LogP contribution in [-0.4, -0.2) is 36.7 Å². The van der Waals surface area contributed by atoms with Crippen LogP contribution in [0.1, 0.15) is 16.2 Å². The smallest absolute Gasteiger partial charge is 0.274 e. The van der Waals surface area contributed by atoms with Crippen LogP contribution in [0.15, 0.2) is 36.7 Å². The molecule has 0 fully saturated rings. The summed E-state index contributed by atoms with van der Waals surface area (Å²) in [5, 5.41) is 9.11.